The third-order valence-corrected chi connectivity index (χ3v) is 8.95. The molecule has 1 aromatic heterocycles. The third-order valence-electron chi connectivity index (χ3n) is 5.70. The van der Waals surface area contributed by atoms with Crippen LogP contribution < -0.4 is 10.5 Å². The Kier molecular flexibility index (Phi) is 6.44. The Morgan fingerprint density at radius 1 is 1.15 bits per heavy atom. The molecule has 1 aliphatic carbocycles. The number of amides is 1. The second kappa shape index (κ2) is 8.67. The molecule has 0 saturated heterocycles. The number of rotatable bonds is 7. The van der Waals surface area contributed by atoms with Gasteiger partial charge in [-0.25, -0.2) is 0 Å². The van der Waals surface area contributed by atoms with Crippen molar-refractivity contribution in [3.8, 4) is 5.75 Å². The minimum atomic E-state index is -4.33. The summed E-state index contributed by atoms with van der Waals surface area (Å²) in [5, 5.41) is 0.166. The molecule has 1 saturated carbocycles. The van der Waals surface area contributed by atoms with Gasteiger partial charge in [0, 0.05) is 15.4 Å². The van der Waals surface area contributed by atoms with E-state index in [2.05, 4.69) is 15.9 Å². The van der Waals surface area contributed by atoms with Crippen LogP contribution >= 0.6 is 35.6 Å². The van der Waals surface area contributed by atoms with E-state index >= 15 is 0 Å². The highest BCUT2D eigenvalue weighted by atomic mass is 79.9. The molecule has 4 N–H and O–H groups in total. The molecule has 0 spiro atoms. The molecule has 3 aromatic rings. The molecule has 1 amide bonds. The molecule has 0 bridgehead atoms. The number of halogens is 6. The standard InChI is InChI=1S/C21H16BrF5NO4PS/c22-15-13-7-11(18(28)29)8-14(16(13)34-17(15)20(23,24)33(30)31)32-9-10-1-3-12(4-2-10)19(5-6-19)21(25,26)27/h1-4,7-8,30-31H,5-6,9H2,(H2,28,29). The number of hydrogen-bond donors (Lipinski definition) is 3. The van der Waals surface area contributed by atoms with Crippen LogP contribution in [0.25, 0.3) is 10.1 Å². The van der Waals surface area contributed by atoms with E-state index in [0.29, 0.717) is 16.9 Å². The highest BCUT2D eigenvalue weighted by Gasteiger charge is 2.64. The van der Waals surface area contributed by atoms with Crippen molar-refractivity contribution in [2.24, 2.45) is 5.73 Å². The molecule has 5 nitrogen and oxygen atoms in total. The third kappa shape index (κ3) is 4.30. The smallest absolute Gasteiger partial charge is 0.398 e. The van der Waals surface area contributed by atoms with E-state index < -0.39 is 36.4 Å². The molecule has 0 aliphatic heterocycles. The zero-order valence-electron chi connectivity index (χ0n) is 17.0. The Morgan fingerprint density at radius 2 is 1.76 bits per heavy atom. The van der Waals surface area contributed by atoms with Gasteiger partial charge in [-0.2, -0.15) is 22.0 Å². The molecule has 1 fully saturated rings. The van der Waals surface area contributed by atoms with E-state index in [9.17, 15) is 26.7 Å². The predicted octanol–water partition coefficient (Wildman–Crippen LogP) is 6.28. The number of carbonyl (C=O) groups excluding carboxylic acids is 1. The van der Waals surface area contributed by atoms with E-state index in [-0.39, 0.29) is 50.9 Å². The molecule has 4 rings (SSSR count). The Balaban J connectivity index is 1.66. The lowest BCUT2D eigenvalue weighted by molar-refractivity contribution is -0.160. The molecule has 1 aliphatic rings. The van der Waals surface area contributed by atoms with Gasteiger partial charge in [0.05, 0.1) is 15.0 Å². The molecular weight excluding hydrogens is 568 g/mol. The van der Waals surface area contributed by atoms with E-state index in [1.54, 1.807) is 0 Å². The predicted molar refractivity (Wildman–Crippen MR) is 121 cm³/mol. The SMILES string of the molecule is NC(=O)c1cc(OCc2ccc(C3(C(F)(F)F)CC3)cc2)c2sc(C(F)(F)P(O)O)c(Br)c2c1. The van der Waals surface area contributed by atoms with Crippen LogP contribution in [-0.2, 0) is 17.7 Å². The Hall–Kier alpha value is -1.85. The summed E-state index contributed by atoms with van der Waals surface area (Å²) >= 11 is 3.59. The lowest BCUT2D eigenvalue weighted by Crippen LogP contribution is -2.28. The largest absolute Gasteiger partial charge is 0.487 e. The maximum atomic E-state index is 14.3. The topological polar surface area (TPSA) is 92.8 Å². The number of thiophene rings is 1. The van der Waals surface area contributed by atoms with Gasteiger partial charge in [0.15, 0.2) is 0 Å². The minimum absolute atomic E-state index is 0.0256. The normalized spacial score (nSPS) is 15.7. The summed E-state index contributed by atoms with van der Waals surface area (Å²) in [5.74, 6) is -0.798. The van der Waals surface area contributed by atoms with Crippen LogP contribution in [0.2, 0.25) is 0 Å². The van der Waals surface area contributed by atoms with Gasteiger partial charge in [-0.15, -0.1) is 11.3 Å². The first-order chi connectivity index (χ1) is 15.8. The van der Waals surface area contributed by atoms with Gasteiger partial charge in [0.25, 0.3) is 0 Å². The van der Waals surface area contributed by atoms with Crippen LogP contribution in [0.15, 0.2) is 40.9 Å². The number of alkyl halides is 5. The lowest BCUT2D eigenvalue weighted by Gasteiger charge is -2.19. The molecule has 1 heterocycles. The van der Waals surface area contributed by atoms with Gasteiger partial charge in [-0.3, -0.25) is 4.79 Å². The van der Waals surface area contributed by atoms with Crippen LogP contribution in [-0.4, -0.2) is 21.9 Å². The van der Waals surface area contributed by atoms with Crippen molar-refractivity contribution in [2.45, 2.75) is 36.7 Å². The number of hydrogen-bond acceptors (Lipinski definition) is 5. The second-order valence-electron chi connectivity index (χ2n) is 7.86. The average Bonchev–Trinajstić information content (AvgIpc) is 3.51. The van der Waals surface area contributed by atoms with Crippen LogP contribution in [0.1, 0.15) is 39.2 Å². The van der Waals surface area contributed by atoms with Crippen LogP contribution in [0, 0.1) is 0 Å². The molecule has 13 heteroatoms. The maximum absolute atomic E-state index is 14.3. The molecule has 0 unspecified atom stereocenters. The maximum Gasteiger partial charge on any atom is 0.398 e. The van der Waals surface area contributed by atoms with E-state index in [1.807, 2.05) is 0 Å². The first-order valence-electron chi connectivity index (χ1n) is 9.69. The lowest BCUT2D eigenvalue weighted by atomic mass is 9.94. The number of ether oxygens (including phenoxy) is 1. The van der Waals surface area contributed by atoms with Crippen LogP contribution in [0.3, 0.4) is 0 Å². The van der Waals surface area contributed by atoms with Crippen molar-refractivity contribution >= 4 is 51.6 Å². The Bertz CT molecular complexity index is 1260. The first-order valence-corrected chi connectivity index (χ1v) is 12.5. The highest BCUT2D eigenvalue weighted by molar-refractivity contribution is 9.10. The monoisotopic (exact) mass is 583 g/mol. The molecule has 0 radical (unpaired) electrons. The van der Waals surface area contributed by atoms with Crippen molar-refractivity contribution in [3.63, 3.8) is 0 Å². The number of primary amides is 1. The summed E-state index contributed by atoms with van der Waals surface area (Å²) in [4.78, 5) is 29.4. The van der Waals surface area contributed by atoms with Gasteiger partial charge >= 0.3 is 11.8 Å². The van der Waals surface area contributed by atoms with Crippen molar-refractivity contribution < 1.29 is 41.3 Å². The number of fused-ring (bicyclic) bond motifs is 1. The fourth-order valence-electron chi connectivity index (χ4n) is 3.62. The van der Waals surface area contributed by atoms with Gasteiger partial charge in [-0.05, 0) is 52.0 Å². The molecule has 2 aromatic carbocycles. The fourth-order valence-corrected chi connectivity index (χ4v) is 6.40. The average molecular weight is 584 g/mol. The first kappa shape index (κ1) is 25.2. The molecule has 0 atom stereocenters. The van der Waals surface area contributed by atoms with E-state index in [4.69, 9.17) is 20.3 Å². The van der Waals surface area contributed by atoms with Crippen molar-refractivity contribution in [1.82, 2.24) is 0 Å². The summed E-state index contributed by atoms with van der Waals surface area (Å²) in [6, 6.07) is 8.31. The van der Waals surface area contributed by atoms with Gasteiger partial charge in [0.1, 0.15) is 12.4 Å². The number of benzene rings is 2. The van der Waals surface area contributed by atoms with Crippen molar-refractivity contribution in [3.05, 3.63) is 62.4 Å². The van der Waals surface area contributed by atoms with E-state index in [0.717, 1.165) is 0 Å². The summed E-state index contributed by atoms with van der Waals surface area (Å²) in [7, 11) is -3.63. The minimum Gasteiger partial charge on any atom is -0.487 e. The Labute approximate surface area is 203 Å². The Morgan fingerprint density at radius 3 is 2.26 bits per heavy atom. The summed E-state index contributed by atoms with van der Waals surface area (Å²) in [6.45, 7) is -0.120. The van der Waals surface area contributed by atoms with Crippen LogP contribution in [0.4, 0.5) is 22.0 Å². The zero-order chi connectivity index (χ0) is 25.1. The van der Waals surface area contributed by atoms with Crippen LogP contribution in [0.5, 0.6) is 5.75 Å². The van der Waals surface area contributed by atoms with Gasteiger partial charge in [0.2, 0.25) is 14.3 Å². The quantitative estimate of drug-likeness (QED) is 0.225. The van der Waals surface area contributed by atoms with Gasteiger partial charge in [-0.1, -0.05) is 24.3 Å². The summed E-state index contributed by atoms with van der Waals surface area (Å²) in [5.41, 5.74) is 0.268. The second-order valence-corrected chi connectivity index (χ2v) is 10.8. The molecule has 182 valence electrons. The number of nitrogens with two attached hydrogens (primary N) is 1. The fraction of sp³-hybridized carbons (Fsp3) is 0.286. The van der Waals surface area contributed by atoms with Crippen molar-refractivity contribution in [1.29, 1.82) is 0 Å². The summed E-state index contributed by atoms with van der Waals surface area (Å²) < 4.78 is 74.5. The van der Waals surface area contributed by atoms with Crippen molar-refractivity contribution in [2.75, 3.05) is 0 Å². The van der Waals surface area contributed by atoms with E-state index in [1.165, 1.54) is 36.4 Å². The van der Waals surface area contributed by atoms with Gasteiger partial charge < -0.3 is 20.3 Å². The molecule has 34 heavy (non-hydrogen) atoms. The number of carbonyl (C=O) groups is 1. The molecular formula is C21H16BrF5NO4PS. The summed E-state index contributed by atoms with van der Waals surface area (Å²) in [6.07, 6.45) is -4.26. The highest BCUT2D eigenvalue weighted by Crippen LogP contribution is 2.59. The zero-order valence-corrected chi connectivity index (χ0v) is 20.3.